The van der Waals surface area contributed by atoms with E-state index in [0.29, 0.717) is 0 Å². The van der Waals surface area contributed by atoms with Crippen molar-refractivity contribution in [3.8, 4) is 0 Å². The van der Waals surface area contributed by atoms with Gasteiger partial charge in [0, 0.05) is 5.02 Å². The van der Waals surface area contributed by atoms with Gasteiger partial charge in [-0.25, -0.2) is 0 Å². The summed E-state index contributed by atoms with van der Waals surface area (Å²) in [6.07, 6.45) is 0. The maximum Gasteiger partial charge on any atom is 0.0591 e. The molecule has 0 saturated heterocycles. The Morgan fingerprint density at radius 3 is 2.39 bits per heavy atom. The lowest BCUT2D eigenvalue weighted by Gasteiger charge is -2.21. The first-order chi connectivity index (χ1) is 8.63. The topological polar surface area (TPSA) is 12.0 Å². The fourth-order valence-electron chi connectivity index (χ4n) is 2.26. The van der Waals surface area contributed by atoms with E-state index in [-0.39, 0.29) is 6.04 Å². The van der Waals surface area contributed by atoms with E-state index >= 15 is 0 Å². The number of benzene rings is 2. The van der Waals surface area contributed by atoms with Crippen LogP contribution in [0.4, 0.5) is 0 Å². The predicted molar refractivity (Wildman–Crippen MR) is 78.3 cm³/mol. The van der Waals surface area contributed by atoms with Crippen LogP contribution in [-0.2, 0) is 0 Å². The monoisotopic (exact) mass is 259 g/mol. The van der Waals surface area contributed by atoms with Gasteiger partial charge < -0.3 is 5.32 Å². The van der Waals surface area contributed by atoms with E-state index in [2.05, 4.69) is 43.4 Å². The van der Waals surface area contributed by atoms with Crippen molar-refractivity contribution in [1.29, 1.82) is 0 Å². The Balaban J connectivity index is 2.52. The lowest BCUT2D eigenvalue weighted by Crippen LogP contribution is -2.19. The lowest BCUT2D eigenvalue weighted by molar-refractivity contribution is 0.687. The van der Waals surface area contributed by atoms with Gasteiger partial charge in [0.05, 0.1) is 6.04 Å². The van der Waals surface area contributed by atoms with Crippen LogP contribution in [0, 0.1) is 13.8 Å². The van der Waals surface area contributed by atoms with Crippen LogP contribution in [-0.4, -0.2) is 7.05 Å². The molecule has 1 nitrogen and oxygen atoms in total. The summed E-state index contributed by atoms with van der Waals surface area (Å²) in [5.41, 5.74) is 4.95. The van der Waals surface area contributed by atoms with Crippen molar-refractivity contribution in [2.75, 3.05) is 7.05 Å². The Labute approximate surface area is 114 Å². The quantitative estimate of drug-likeness (QED) is 0.868. The Morgan fingerprint density at radius 2 is 1.72 bits per heavy atom. The number of halogens is 1. The van der Waals surface area contributed by atoms with Gasteiger partial charge in [-0.15, -0.1) is 0 Å². The molecule has 0 saturated carbocycles. The summed E-state index contributed by atoms with van der Waals surface area (Å²) in [4.78, 5) is 0. The Kier molecular flexibility index (Phi) is 4.05. The highest BCUT2D eigenvalue weighted by Gasteiger charge is 2.16. The number of rotatable bonds is 3. The van der Waals surface area contributed by atoms with Gasteiger partial charge >= 0.3 is 0 Å². The van der Waals surface area contributed by atoms with Crippen molar-refractivity contribution >= 4 is 11.6 Å². The molecule has 0 aliphatic heterocycles. The van der Waals surface area contributed by atoms with Gasteiger partial charge in [0.25, 0.3) is 0 Å². The van der Waals surface area contributed by atoms with Crippen LogP contribution in [0.2, 0.25) is 5.02 Å². The van der Waals surface area contributed by atoms with Gasteiger partial charge in [-0.3, -0.25) is 0 Å². The zero-order chi connectivity index (χ0) is 13.1. The predicted octanol–water partition coefficient (Wildman–Crippen LogP) is 4.27. The van der Waals surface area contributed by atoms with Crippen LogP contribution in [0.1, 0.15) is 28.3 Å². The Hall–Kier alpha value is -1.31. The minimum Gasteiger partial charge on any atom is -0.309 e. The van der Waals surface area contributed by atoms with Crippen molar-refractivity contribution < 1.29 is 0 Å². The molecule has 18 heavy (non-hydrogen) atoms. The molecule has 0 aliphatic rings. The van der Waals surface area contributed by atoms with E-state index in [1.54, 1.807) is 0 Å². The van der Waals surface area contributed by atoms with Crippen molar-refractivity contribution in [2.24, 2.45) is 0 Å². The molecule has 94 valence electrons. The molecule has 0 radical (unpaired) electrons. The third-order valence-corrected chi connectivity index (χ3v) is 3.59. The third kappa shape index (κ3) is 2.58. The maximum atomic E-state index is 6.30. The average molecular weight is 260 g/mol. The van der Waals surface area contributed by atoms with Crippen molar-refractivity contribution in [3.05, 3.63) is 69.7 Å². The SMILES string of the molecule is CNC(c1cc(C)ccc1C)c1ccccc1Cl. The second kappa shape index (κ2) is 5.55. The molecule has 1 unspecified atom stereocenters. The fourth-order valence-corrected chi connectivity index (χ4v) is 2.50. The number of hydrogen-bond acceptors (Lipinski definition) is 1. The molecule has 2 rings (SSSR count). The van der Waals surface area contributed by atoms with Crippen LogP contribution in [0.15, 0.2) is 42.5 Å². The van der Waals surface area contributed by atoms with Gasteiger partial charge in [-0.1, -0.05) is 53.6 Å². The van der Waals surface area contributed by atoms with Crippen molar-refractivity contribution in [2.45, 2.75) is 19.9 Å². The summed E-state index contributed by atoms with van der Waals surface area (Å²) in [7, 11) is 1.97. The summed E-state index contributed by atoms with van der Waals surface area (Å²) in [5.74, 6) is 0. The largest absolute Gasteiger partial charge is 0.309 e. The number of aryl methyl sites for hydroxylation is 2. The zero-order valence-electron chi connectivity index (χ0n) is 11.0. The van der Waals surface area contributed by atoms with Gasteiger partial charge in [0.1, 0.15) is 0 Å². The first-order valence-electron chi connectivity index (χ1n) is 6.12. The lowest BCUT2D eigenvalue weighted by atomic mass is 9.93. The highest BCUT2D eigenvalue weighted by molar-refractivity contribution is 6.31. The summed E-state index contributed by atoms with van der Waals surface area (Å²) in [5, 5.41) is 4.16. The molecule has 2 aromatic carbocycles. The normalized spacial score (nSPS) is 12.4. The van der Waals surface area contributed by atoms with Gasteiger partial charge in [0.15, 0.2) is 0 Å². The average Bonchev–Trinajstić information content (AvgIpc) is 2.36. The van der Waals surface area contributed by atoms with Crippen molar-refractivity contribution in [3.63, 3.8) is 0 Å². The molecule has 1 N–H and O–H groups in total. The molecular weight excluding hydrogens is 242 g/mol. The van der Waals surface area contributed by atoms with Crippen LogP contribution in [0.5, 0.6) is 0 Å². The summed E-state index contributed by atoms with van der Waals surface area (Å²) >= 11 is 6.30. The Morgan fingerprint density at radius 1 is 1.00 bits per heavy atom. The fraction of sp³-hybridized carbons (Fsp3) is 0.250. The van der Waals surface area contributed by atoms with Crippen molar-refractivity contribution in [1.82, 2.24) is 5.32 Å². The minimum absolute atomic E-state index is 0.138. The second-order valence-electron chi connectivity index (χ2n) is 4.60. The molecule has 0 amide bonds. The van der Waals surface area contributed by atoms with Crippen LogP contribution >= 0.6 is 11.6 Å². The molecule has 1 atom stereocenters. The summed E-state index contributed by atoms with van der Waals surface area (Å²) in [6.45, 7) is 4.25. The standard InChI is InChI=1S/C16H18ClN/c1-11-8-9-12(2)14(10-11)16(18-3)13-6-4-5-7-15(13)17/h4-10,16,18H,1-3H3. The number of nitrogens with one attached hydrogen (secondary N) is 1. The molecular formula is C16H18ClN. The van der Waals surface area contributed by atoms with Crippen LogP contribution < -0.4 is 5.32 Å². The molecule has 0 heterocycles. The highest BCUT2D eigenvalue weighted by atomic mass is 35.5. The molecule has 0 bridgehead atoms. The second-order valence-corrected chi connectivity index (χ2v) is 5.01. The number of hydrogen-bond donors (Lipinski definition) is 1. The van der Waals surface area contributed by atoms with Crippen LogP contribution in [0.25, 0.3) is 0 Å². The Bertz CT molecular complexity index is 549. The zero-order valence-corrected chi connectivity index (χ0v) is 11.8. The first-order valence-corrected chi connectivity index (χ1v) is 6.50. The highest BCUT2D eigenvalue weighted by Crippen LogP contribution is 2.30. The summed E-state index contributed by atoms with van der Waals surface area (Å²) < 4.78 is 0. The molecule has 2 aromatic rings. The van der Waals surface area contributed by atoms with Gasteiger partial charge in [-0.05, 0) is 43.7 Å². The molecule has 0 fully saturated rings. The molecule has 2 heteroatoms. The molecule has 0 aliphatic carbocycles. The van der Waals surface area contributed by atoms with E-state index in [1.165, 1.54) is 16.7 Å². The van der Waals surface area contributed by atoms with E-state index in [0.717, 1.165) is 10.6 Å². The molecule has 0 spiro atoms. The summed E-state index contributed by atoms with van der Waals surface area (Å²) in [6, 6.07) is 14.7. The minimum atomic E-state index is 0.138. The van der Waals surface area contributed by atoms with E-state index in [9.17, 15) is 0 Å². The van der Waals surface area contributed by atoms with Crippen LogP contribution in [0.3, 0.4) is 0 Å². The first kappa shape index (κ1) is 13.1. The van der Waals surface area contributed by atoms with Gasteiger partial charge in [-0.2, -0.15) is 0 Å². The third-order valence-electron chi connectivity index (χ3n) is 3.25. The maximum absolute atomic E-state index is 6.30. The van der Waals surface area contributed by atoms with E-state index in [4.69, 9.17) is 11.6 Å². The smallest absolute Gasteiger partial charge is 0.0591 e. The van der Waals surface area contributed by atoms with E-state index < -0.39 is 0 Å². The van der Waals surface area contributed by atoms with E-state index in [1.807, 2.05) is 25.2 Å². The molecule has 0 aromatic heterocycles. The van der Waals surface area contributed by atoms with Gasteiger partial charge in [0.2, 0.25) is 0 Å².